The zero-order chi connectivity index (χ0) is 21.8. The number of nitrogens with zero attached hydrogens (tertiary/aromatic N) is 2. The second-order valence-corrected chi connectivity index (χ2v) is 7.61. The van der Waals surface area contributed by atoms with Crippen LogP contribution in [0.2, 0.25) is 0 Å². The summed E-state index contributed by atoms with van der Waals surface area (Å²) in [6, 6.07) is 3.89. The molecule has 0 aliphatic carbocycles. The number of anilines is 2. The summed E-state index contributed by atoms with van der Waals surface area (Å²) in [5.74, 6) is -3.37. The van der Waals surface area contributed by atoms with Crippen LogP contribution in [0.4, 0.5) is 10.8 Å². The number of carbonyl (C=O) groups is 4. The second kappa shape index (κ2) is 9.01. The van der Waals surface area contributed by atoms with Crippen LogP contribution in [0.1, 0.15) is 31.3 Å². The fraction of sp³-hybridized carbons (Fsp3) is 0.316. The van der Waals surface area contributed by atoms with Gasteiger partial charge in [-0.1, -0.05) is 0 Å². The van der Waals surface area contributed by atoms with E-state index < -0.39 is 23.8 Å². The summed E-state index contributed by atoms with van der Waals surface area (Å²) in [6.45, 7) is 1.61. The molecule has 0 unspecified atom stereocenters. The average molecular weight is 432 g/mol. The van der Waals surface area contributed by atoms with Crippen LogP contribution in [-0.4, -0.2) is 61.4 Å². The number of hydrogen-bond donors (Lipinski definition) is 2. The summed E-state index contributed by atoms with van der Waals surface area (Å²) in [4.78, 5) is 56.0. The molecule has 0 atom stereocenters. The Morgan fingerprint density at radius 2 is 1.77 bits per heavy atom. The molecule has 1 aromatic heterocycles. The average Bonchev–Trinajstić information content (AvgIpc) is 3.13. The van der Waals surface area contributed by atoms with Gasteiger partial charge in [0.25, 0.3) is 0 Å². The largest absolute Gasteiger partial charge is 0.465 e. The van der Waals surface area contributed by atoms with Gasteiger partial charge in [0.15, 0.2) is 5.13 Å². The van der Waals surface area contributed by atoms with Crippen LogP contribution in [0.15, 0.2) is 18.2 Å². The zero-order valence-electron chi connectivity index (χ0n) is 16.6. The maximum Gasteiger partial charge on any atom is 0.339 e. The molecule has 2 N–H and O–H groups in total. The van der Waals surface area contributed by atoms with Crippen molar-refractivity contribution in [2.45, 2.75) is 13.0 Å². The number of ether oxygens (including phenoxy) is 2. The number of fused-ring (bicyclic) bond motifs is 1. The van der Waals surface area contributed by atoms with Crippen molar-refractivity contribution in [3.8, 4) is 0 Å². The Labute approximate surface area is 176 Å². The van der Waals surface area contributed by atoms with E-state index in [4.69, 9.17) is 0 Å². The van der Waals surface area contributed by atoms with Crippen LogP contribution in [-0.2, 0) is 32.0 Å². The molecule has 2 aromatic rings. The van der Waals surface area contributed by atoms with E-state index in [-0.39, 0.29) is 16.8 Å². The third kappa shape index (κ3) is 4.63. The van der Waals surface area contributed by atoms with Gasteiger partial charge in [0.1, 0.15) is 0 Å². The molecule has 0 spiro atoms. The molecule has 1 aromatic carbocycles. The highest BCUT2D eigenvalue weighted by Crippen LogP contribution is 2.27. The Morgan fingerprint density at radius 3 is 2.47 bits per heavy atom. The van der Waals surface area contributed by atoms with Gasteiger partial charge in [0.05, 0.1) is 36.7 Å². The highest BCUT2D eigenvalue weighted by Gasteiger charge is 2.23. The number of benzene rings is 1. The predicted octanol–water partition coefficient (Wildman–Crippen LogP) is 1.28. The summed E-state index contributed by atoms with van der Waals surface area (Å²) in [5.41, 5.74) is 0.939. The zero-order valence-corrected chi connectivity index (χ0v) is 17.4. The quantitative estimate of drug-likeness (QED) is 0.546. The molecule has 3 rings (SSSR count). The van der Waals surface area contributed by atoms with Crippen LogP contribution < -0.4 is 10.6 Å². The van der Waals surface area contributed by atoms with Gasteiger partial charge in [0.2, 0.25) is 0 Å². The summed E-state index contributed by atoms with van der Waals surface area (Å²) >= 11 is 1.31. The minimum absolute atomic E-state index is 0.0148. The van der Waals surface area contributed by atoms with Crippen molar-refractivity contribution < 1.29 is 28.7 Å². The Balaban J connectivity index is 1.76. The van der Waals surface area contributed by atoms with Crippen molar-refractivity contribution in [3.63, 3.8) is 0 Å². The van der Waals surface area contributed by atoms with E-state index in [0.717, 1.165) is 30.1 Å². The first-order valence-corrected chi connectivity index (χ1v) is 9.74. The van der Waals surface area contributed by atoms with Crippen LogP contribution in [0.3, 0.4) is 0 Å². The summed E-state index contributed by atoms with van der Waals surface area (Å²) in [7, 11) is 4.37. The topological polar surface area (TPSA) is 127 Å². The van der Waals surface area contributed by atoms with Crippen molar-refractivity contribution in [1.82, 2.24) is 9.88 Å². The van der Waals surface area contributed by atoms with E-state index >= 15 is 0 Å². The van der Waals surface area contributed by atoms with Gasteiger partial charge < -0.3 is 19.7 Å². The van der Waals surface area contributed by atoms with Gasteiger partial charge in [0, 0.05) is 24.4 Å². The molecule has 0 saturated heterocycles. The van der Waals surface area contributed by atoms with E-state index in [1.165, 1.54) is 43.8 Å². The maximum absolute atomic E-state index is 12.4. The summed E-state index contributed by atoms with van der Waals surface area (Å²) < 4.78 is 9.32. The first-order chi connectivity index (χ1) is 14.3. The smallest absolute Gasteiger partial charge is 0.339 e. The van der Waals surface area contributed by atoms with Gasteiger partial charge >= 0.3 is 23.8 Å². The van der Waals surface area contributed by atoms with E-state index in [9.17, 15) is 19.2 Å². The lowest BCUT2D eigenvalue weighted by Crippen LogP contribution is -2.30. The lowest BCUT2D eigenvalue weighted by Gasteiger charge is -2.20. The standard InChI is InChI=1S/C19H20N4O6S/c1-23-7-6-12-14(9-23)30-19(21-12)22-16(25)15(24)20-13-8-10(17(26)28-2)4-5-11(13)18(27)29-3/h4-5,8H,6-7,9H2,1-3H3,(H,20,24)(H,21,22,25). The molecular weight excluding hydrogens is 412 g/mol. The van der Waals surface area contributed by atoms with Crippen LogP contribution in [0.5, 0.6) is 0 Å². The van der Waals surface area contributed by atoms with Gasteiger partial charge in [-0.3, -0.25) is 14.9 Å². The number of hydrogen-bond acceptors (Lipinski definition) is 9. The van der Waals surface area contributed by atoms with E-state index in [1.807, 2.05) is 7.05 Å². The summed E-state index contributed by atoms with van der Waals surface area (Å²) in [5, 5.41) is 5.14. The molecule has 30 heavy (non-hydrogen) atoms. The SMILES string of the molecule is COC(=O)c1ccc(C(=O)OC)c(NC(=O)C(=O)Nc2nc3c(s2)CN(C)CC3)c1. The number of esters is 2. The van der Waals surface area contributed by atoms with Crippen LogP contribution in [0, 0.1) is 0 Å². The van der Waals surface area contributed by atoms with E-state index in [0.29, 0.717) is 5.13 Å². The fourth-order valence-electron chi connectivity index (χ4n) is 2.89. The second-order valence-electron chi connectivity index (χ2n) is 6.53. The maximum atomic E-state index is 12.4. The summed E-state index contributed by atoms with van der Waals surface area (Å²) in [6.07, 6.45) is 0.771. The molecule has 1 aliphatic heterocycles. The molecule has 0 saturated carbocycles. The number of rotatable bonds is 4. The lowest BCUT2D eigenvalue weighted by molar-refractivity contribution is -0.133. The molecule has 1 aliphatic rings. The number of likely N-dealkylation sites (N-methyl/N-ethyl adjacent to an activating group) is 1. The van der Waals surface area contributed by atoms with E-state index in [2.05, 4.69) is 30.0 Å². The molecule has 0 bridgehead atoms. The van der Waals surface area contributed by atoms with Gasteiger partial charge in [-0.05, 0) is 25.2 Å². The number of amides is 2. The minimum Gasteiger partial charge on any atom is -0.465 e. The Morgan fingerprint density at radius 1 is 1.07 bits per heavy atom. The monoisotopic (exact) mass is 432 g/mol. The van der Waals surface area contributed by atoms with Crippen LogP contribution >= 0.6 is 11.3 Å². The Kier molecular flexibility index (Phi) is 6.43. The van der Waals surface area contributed by atoms with Crippen molar-refractivity contribution >= 4 is 45.9 Å². The molecule has 10 nitrogen and oxygen atoms in total. The highest BCUT2D eigenvalue weighted by molar-refractivity contribution is 7.16. The molecule has 11 heteroatoms. The molecule has 158 valence electrons. The number of methoxy groups -OCH3 is 2. The van der Waals surface area contributed by atoms with Gasteiger partial charge in [-0.15, -0.1) is 11.3 Å². The number of carbonyl (C=O) groups excluding carboxylic acids is 4. The predicted molar refractivity (Wildman–Crippen MR) is 109 cm³/mol. The van der Waals surface area contributed by atoms with Crippen molar-refractivity contribution in [1.29, 1.82) is 0 Å². The molecule has 0 fully saturated rings. The van der Waals surface area contributed by atoms with E-state index in [1.54, 1.807) is 0 Å². The third-order valence-corrected chi connectivity index (χ3v) is 5.44. The number of thiazole rings is 1. The van der Waals surface area contributed by atoms with Crippen molar-refractivity contribution in [2.75, 3.05) is 38.4 Å². The van der Waals surface area contributed by atoms with Gasteiger partial charge in [-0.25, -0.2) is 14.6 Å². The molecular formula is C19H20N4O6S. The third-order valence-electron chi connectivity index (χ3n) is 4.44. The fourth-order valence-corrected chi connectivity index (χ4v) is 3.97. The van der Waals surface area contributed by atoms with Gasteiger partial charge in [-0.2, -0.15) is 0 Å². The molecule has 2 amide bonds. The van der Waals surface area contributed by atoms with Crippen molar-refractivity contribution in [2.24, 2.45) is 0 Å². The first-order valence-electron chi connectivity index (χ1n) is 8.92. The number of aromatic nitrogens is 1. The minimum atomic E-state index is -1.02. The molecule has 2 heterocycles. The van der Waals surface area contributed by atoms with Crippen LogP contribution in [0.25, 0.3) is 0 Å². The Bertz CT molecular complexity index is 1020. The lowest BCUT2D eigenvalue weighted by atomic mass is 10.1. The normalized spacial score (nSPS) is 13.2. The Hall–Kier alpha value is -3.31. The highest BCUT2D eigenvalue weighted by atomic mass is 32.1. The molecule has 0 radical (unpaired) electrons. The number of nitrogens with one attached hydrogen (secondary N) is 2. The van der Waals surface area contributed by atoms with Crippen molar-refractivity contribution in [3.05, 3.63) is 39.9 Å². The first kappa shape index (κ1) is 21.4.